The fraction of sp³-hybridized carbons (Fsp3) is 0.120. The van der Waals surface area contributed by atoms with Gasteiger partial charge in [-0.05, 0) is 64.8 Å². The van der Waals surface area contributed by atoms with E-state index in [2.05, 4.69) is 36.9 Å². The molecule has 5 rings (SSSR count). The van der Waals surface area contributed by atoms with Crippen molar-refractivity contribution in [2.24, 2.45) is 0 Å². The van der Waals surface area contributed by atoms with Crippen molar-refractivity contribution >= 4 is 27.0 Å². The summed E-state index contributed by atoms with van der Waals surface area (Å²) >= 11 is 3.57. The van der Waals surface area contributed by atoms with Gasteiger partial charge < -0.3 is 9.72 Å². The van der Waals surface area contributed by atoms with Crippen LogP contribution in [0.2, 0.25) is 0 Å². The van der Waals surface area contributed by atoms with Crippen molar-refractivity contribution in [2.75, 3.05) is 7.11 Å². The molecule has 0 unspecified atom stereocenters. The smallest absolute Gasteiger partial charge is 0.133 e. The Bertz CT molecular complexity index is 1430. The number of aromatic nitrogens is 5. The molecular weight excluding hydrogens is 466 g/mol. The average molecular weight is 486 g/mol. The van der Waals surface area contributed by atoms with Crippen LogP contribution in [0.1, 0.15) is 17.1 Å². The van der Waals surface area contributed by atoms with E-state index in [1.165, 1.54) is 0 Å². The van der Waals surface area contributed by atoms with Crippen molar-refractivity contribution in [3.8, 4) is 28.4 Å². The van der Waals surface area contributed by atoms with Gasteiger partial charge >= 0.3 is 0 Å². The second-order valence-corrected chi connectivity index (χ2v) is 8.33. The first-order valence-corrected chi connectivity index (χ1v) is 11.0. The molecule has 0 bridgehead atoms. The molecule has 0 aliphatic rings. The first-order valence-electron chi connectivity index (χ1n) is 10.2. The summed E-state index contributed by atoms with van der Waals surface area (Å²) in [6.45, 7) is 1.99. The number of halogens is 1. The van der Waals surface area contributed by atoms with Gasteiger partial charge in [-0.3, -0.25) is 15.0 Å². The summed E-state index contributed by atoms with van der Waals surface area (Å²) in [6.07, 6.45) is 4.05. The summed E-state index contributed by atoms with van der Waals surface area (Å²) in [5.41, 5.74) is 7.31. The van der Waals surface area contributed by atoms with Gasteiger partial charge in [0.2, 0.25) is 0 Å². The summed E-state index contributed by atoms with van der Waals surface area (Å²) in [7, 11) is 1.66. The number of methoxy groups -OCH3 is 1. The molecule has 6 nitrogen and oxygen atoms in total. The van der Waals surface area contributed by atoms with Crippen LogP contribution in [0.15, 0.2) is 71.5 Å². The molecule has 0 amide bonds. The Balaban J connectivity index is 1.61. The maximum absolute atomic E-state index is 5.35. The van der Waals surface area contributed by atoms with Gasteiger partial charge in [0.25, 0.3) is 0 Å². The zero-order chi connectivity index (χ0) is 22.1. The monoisotopic (exact) mass is 485 g/mol. The normalized spacial score (nSPS) is 11.1. The summed E-state index contributed by atoms with van der Waals surface area (Å²) in [5.74, 6) is 1.66. The SMILES string of the molecule is COc1ccc(Cc2nc(-c3ccc4nccnc4c3)c(-c3cccc(C)n3)[nH]2)cc1Br. The predicted molar refractivity (Wildman–Crippen MR) is 129 cm³/mol. The Morgan fingerprint density at radius 1 is 0.938 bits per heavy atom. The number of hydrogen-bond donors (Lipinski definition) is 1. The van der Waals surface area contributed by atoms with Crippen LogP contribution in [0.25, 0.3) is 33.7 Å². The maximum atomic E-state index is 5.35. The number of imidazole rings is 1. The Kier molecular flexibility index (Phi) is 5.41. The molecule has 0 aliphatic heterocycles. The second kappa shape index (κ2) is 8.51. The molecule has 0 fully saturated rings. The third-order valence-corrected chi connectivity index (χ3v) is 5.85. The molecule has 0 spiro atoms. The van der Waals surface area contributed by atoms with E-state index in [1.807, 2.05) is 55.5 Å². The van der Waals surface area contributed by atoms with E-state index in [9.17, 15) is 0 Å². The van der Waals surface area contributed by atoms with Gasteiger partial charge in [0.15, 0.2) is 0 Å². The van der Waals surface area contributed by atoms with Crippen molar-refractivity contribution in [1.82, 2.24) is 24.9 Å². The van der Waals surface area contributed by atoms with E-state index < -0.39 is 0 Å². The van der Waals surface area contributed by atoms with E-state index in [0.29, 0.717) is 6.42 Å². The Labute approximate surface area is 193 Å². The Morgan fingerprint density at radius 2 is 1.78 bits per heavy atom. The molecule has 3 heterocycles. The highest BCUT2D eigenvalue weighted by molar-refractivity contribution is 9.10. The fourth-order valence-corrected chi connectivity index (χ4v) is 4.29. The van der Waals surface area contributed by atoms with Crippen LogP contribution in [-0.2, 0) is 6.42 Å². The molecule has 5 aromatic rings. The molecule has 0 radical (unpaired) electrons. The van der Waals surface area contributed by atoms with Crippen LogP contribution < -0.4 is 4.74 Å². The molecule has 0 saturated carbocycles. The second-order valence-electron chi connectivity index (χ2n) is 7.48. The van der Waals surface area contributed by atoms with Gasteiger partial charge in [0.1, 0.15) is 11.6 Å². The third kappa shape index (κ3) is 3.99. The lowest BCUT2D eigenvalue weighted by Gasteiger charge is -2.05. The lowest BCUT2D eigenvalue weighted by atomic mass is 10.1. The first kappa shape index (κ1) is 20.3. The number of benzene rings is 2. The van der Waals surface area contributed by atoms with Crippen molar-refractivity contribution in [3.63, 3.8) is 0 Å². The Hall–Kier alpha value is -3.58. The van der Waals surface area contributed by atoms with E-state index in [0.717, 1.165) is 61.0 Å². The number of hydrogen-bond acceptors (Lipinski definition) is 5. The number of ether oxygens (including phenoxy) is 1. The summed E-state index contributed by atoms with van der Waals surface area (Å²) in [4.78, 5) is 22.0. The molecule has 158 valence electrons. The number of rotatable bonds is 5. The number of fused-ring (bicyclic) bond motifs is 1. The van der Waals surface area contributed by atoms with Gasteiger partial charge in [-0.15, -0.1) is 0 Å². The van der Waals surface area contributed by atoms with Crippen LogP contribution in [-0.4, -0.2) is 32.0 Å². The summed E-state index contributed by atoms with van der Waals surface area (Å²) in [5, 5.41) is 0. The fourth-order valence-electron chi connectivity index (χ4n) is 3.71. The average Bonchev–Trinajstić information content (AvgIpc) is 3.23. The van der Waals surface area contributed by atoms with Crippen LogP contribution in [0.5, 0.6) is 5.75 Å². The molecule has 0 atom stereocenters. The van der Waals surface area contributed by atoms with E-state index >= 15 is 0 Å². The molecule has 7 heteroatoms. The van der Waals surface area contributed by atoms with Gasteiger partial charge in [0, 0.05) is 30.1 Å². The van der Waals surface area contributed by atoms with Crippen molar-refractivity contribution < 1.29 is 4.74 Å². The standard InChI is InChI=1S/C25H20BrN5O/c1-15-4-3-5-20(29-15)25-24(17-7-8-19-21(14-17)28-11-10-27-19)30-23(31-25)13-16-6-9-22(32-2)18(26)12-16/h3-12,14H,13H2,1-2H3,(H,30,31). The van der Waals surface area contributed by atoms with Gasteiger partial charge in [-0.2, -0.15) is 0 Å². The largest absolute Gasteiger partial charge is 0.496 e. The molecule has 3 aromatic heterocycles. The van der Waals surface area contributed by atoms with E-state index in [4.69, 9.17) is 14.7 Å². The molecule has 2 aromatic carbocycles. The lowest BCUT2D eigenvalue weighted by Crippen LogP contribution is -1.93. The predicted octanol–water partition coefficient (Wildman–Crippen LogP) is 5.75. The number of aromatic amines is 1. The topological polar surface area (TPSA) is 76.6 Å². The minimum atomic E-state index is 0.648. The Morgan fingerprint density at radius 3 is 2.56 bits per heavy atom. The highest BCUT2D eigenvalue weighted by Gasteiger charge is 2.17. The quantitative estimate of drug-likeness (QED) is 0.342. The molecule has 32 heavy (non-hydrogen) atoms. The number of aryl methyl sites for hydroxylation is 1. The molecular formula is C25H20BrN5O. The maximum Gasteiger partial charge on any atom is 0.133 e. The highest BCUT2D eigenvalue weighted by atomic mass is 79.9. The molecule has 0 aliphatic carbocycles. The zero-order valence-electron chi connectivity index (χ0n) is 17.6. The lowest BCUT2D eigenvalue weighted by molar-refractivity contribution is 0.412. The molecule has 1 N–H and O–H groups in total. The van der Waals surface area contributed by atoms with Gasteiger partial charge in [-0.25, -0.2) is 4.98 Å². The zero-order valence-corrected chi connectivity index (χ0v) is 19.2. The summed E-state index contributed by atoms with van der Waals surface area (Å²) in [6, 6.07) is 18.1. The minimum absolute atomic E-state index is 0.648. The summed E-state index contributed by atoms with van der Waals surface area (Å²) < 4.78 is 6.26. The van der Waals surface area contributed by atoms with Crippen molar-refractivity contribution in [3.05, 3.63) is 88.5 Å². The number of nitrogens with one attached hydrogen (secondary N) is 1. The van der Waals surface area contributed by atoms with Crippen LogP contribution >= 0.6 is 15.9 Å². The molecule has 0 saturated heterocycles. The van der Waals surface area contributed by atoms with E-state index in [-0.39, 0.29) is 0 Å². The number of H-pyrrole nitrogens is 1. The third-order valence-electron chi connectivity index (χ3n) is 5.23. The van der Waals surface area contributed by atoms with Gasteiger partial charge in [0.05, 0.1) is 39.7 Å². The first-order chi connectivity index (χ1) is 15.6. The number of pyridine rings is 1. The van der Waals surface area contributed by atoms with Crippen LogP contribution in [0.3, 0.4) is 0 Å². The van der Waals surface area contributed by atoms with Crippen LogP contribution in [0.4, 0.5) is 0 Å². The van der Waals surface area contributed by atoms with E-state index in [1.54, 1.807) is 19.5 Å². The van der Waals surface area contributed by atoms with Crippen molar-refractivity contribution in [2.45, 2.75) is 13.3 Å². The number of nitrogens with zero attached hydrogens (tertiary/aromatic N) is 4. The van der Waals surface area contributed by atoms with Crippen LogP contribution in [0, 0.1) is 6.92 Å². The van der Waals surface area contributed by atoms with Gasteiger partial charge in [-0.1, -0.05) is 18.2 Å². The highest BCUT2D eigenvalue weighted by Crippen LogP contribution is 2.32. The van der Waals surface area contributed by atoms with Crippen molar-refractivity contribution in [1.29, 1.82) is 0 Å². The minimum Gasteiger partial charge on any atom is -0.496 e.